The third kappa shape index (κ3) is 3.01. The largest absolute Gasteiger partial charge is 0.464 e. The highest BCUT2D eigenvalue weighted by molar-refractivity contribution is 8.10. The van der Waals surface area contributed by atoms with E-state index in [0.717, 1.165) is 11.3 Å². The Morgan fingerprint density at radius 3 is 2.20 bits per heavy atom. The predicted molar refractivity (Wildman–Crippen MR) is 74.9 cm³/mol. The maximum absolute atomic E-state index is 12.1. The molecule has 0 aliphatic heterocycles. The normalized spacial score (nSPS) is 13.2. The molecule has 114 valence electrons. The van der Waals surface area contributed by atoms with E-state index < -0.39 is 36.1 Å². The van der Waals surface area contributed by atoms with Crippen molar-refractivity contribution in [2.75, 3.05) is 19.1 Å². The monoisotopic (exact) mass is 341 g/mol. The number of rotatable bonds is 6. The highest BCUT2D eigenvalue weighted by atomic mass is 32.3. The number of carbonyl (C=O) groups excluding carboxylic acids is 1. The van der Waals surface area contributed by atoms with Gasteiger partial charge in [0.25, 0.3) is 4.08 Å². The zero-order valence-electron chi connectivity index (χ0n) is 11.2. The van der Waals surface area contributed by atoms with Crippen LogP contribution in [0.5, 0.6) is 0 Å². The lowest BCUT2D eigenvalue weighted by atomic mass is 10.3. The molecule has 0 atom stereocenters. The lowest BCUT2D eigenvalue weighted by molar-refractivity contribution is -0.143. The quantitative estimate of drug-likeness (QED) is 0.672. The van der Waals surface area contributed by atoms with Gasteiger partial charge < -0.3 is 4.74 Å². The van der Waals surface area contributed by atoms with Crippen LogP contribution < -0.4 is 0 Å². The summed E-state index contributed by atoms with van der Waals surface area (Å²) in [4.78, 5) is 15.9. The number of nitrogens with zero attached hydrogens (tertiary/aromatic N) is 1. The Labute approximate surface area is 121 Å². The highest BCUT2D eigenvalue weighted by Crippen LogP contribution is 2.31. The van der Waals surface area contributed by atoms with Crippen LogP contribution in [-0.2, 0) is 35.6 Å². The van der Waals surface area contributed by atoms with Crippen molar-refractivity contribution in [1.29, 1.82) is 0 Å². The molecule has 7 nitrogen and oxygen atoms in total. The van der Waals surface area contributed by atoms with Crippen molar-refractivity contribution in [2.45, 2.75) is 17.4 Å². The zero-order valence-corrected chi connectivity index (χ0v) is 13.6. The van der Waals surface area contributed by atoms with Gasteiger partial charge in [-0.25, -0.2) is 26.6 Å². The lowest BCUT2D eigenvalue weighted by Crippen LogP contribution is -2.54. The number of sulfone groups is 2. The Kier molecular flexibility index (Phi) is 4.93. The SMILES string of the molecule is CCOC(=O)C(Cc1nccs1)(S(C)(=O)=O)S(C)(=O)=O. The van der Waals surface area contributed by atoms with Crippen molar-refractivity contribution in [2.24, 2.45) is 0 Å². The van der Waals surface area contributed by atoms with Crippen LogP contribution in [0.15, 0.2) is 11.6 Å². The van der Waals surface area contributed by atoms with E-state index in [0.29, 0.717) is 12.5 Å². The van der Waals surface area contributed by atoms with Crippen molar-refractivity contribution in [3.05, 3.63) is 16.6 Å². The van der Waals surface area contributed by atoms with Crippen molar-refractivity contribution in [3.8, 4) is 0 Å². The second-order valence-corrected chi connectivity index (χ2v) is 9.84. The van der Waals surface area contributed by atoms with Crippen LogP contribution in [0.1, 0.15) is 11.9 Å². The minimum Gasteiger partial charge on any atom is -0.464 e. The minimum atomic E-state index is -4.28. The molecule has 0 N–H and O–H groups in total. The molecule has 10 heteroatoms. The van der Waals surface area contributed by atoms with Crippen LogP contribution >= 0.6 is 11.3 Å². The van der Waals surface area contributed by atoms with Gasteiger partial charge >= 0.3 is 5.97 Å². The van der Waals surface area contributed by atoms with E-state index in [2.05, 4.69) is 9.72 Å². The number of hydrogen-bond donors (Lipinski definition) is 0. The molecular weight excluding hydrogens is 326 g/mol. The highest BCUT2D eigenvalue weighted by Gasteiger charge is 2.59. The molecule has 20 heavy (non-hydrogen) atoms. The van der Waals surface area contributed by atoms with Gasteiger partial charge in [0.05, 0.1) is 11.6 Å². The molecule has 0 aliphatic carbocycles. The molecule has 0 saturated heterocycles. The summed E-state index contributed by atoms with van der Waals surface area (Å²) < 4.78 is 50.2. The van der Waals surface area contributed by atoms with Crippen LogP contribution in [0, 0.1) is 0 Å². The average molecular weight is 341 g/mol. The van der Waals surface area contributed by atoms with Crippen LogP contribution in [-0.4, -0.2) is 51.0 Å². The first-order chi connectivity index (χ1) is 9.06. The van der Waals surface area contributed by atoms with Gasteiger partial charge in [0.2, 0.25) is 0 Å². The number of ether oxygens (including phenoxy) is 1. The third-order valence-electron chi connectivity index (χ3n) is 2.65. The van der Waals surface area contributed by atoms with Gasteiger partial charge in [-0.1, -0.05) is 0 Å². The molecule has 0 aromatic carbocycles. The van der Waals surface area contributed by atoms with E-state index in [1.54, 1.807) is 5.38 Å². The Bertz CT molecular complexity index is 643. The van der Waals surface area contributed by atoms with Gasteiger partial charge in [-0.2, -0.15) is 0 Å². The van der Waals surface area contributed by atoms with E-state index in [9.17, 15) is 21.6 Å². The Morgan fingerprint density at radius 1 is 1.30 bits per heavy atom. The summed E-state index contributed by atoms with van der Waals surface area (Å²) in [6, 6.07) is 0. The van der Waals surface area contributed by atoms with Gasteiger partial charge in [-0.15, -0.1) is 11.3 Å². The average Bonchev–Trinajstić information content (AvgIpc) is 2.74. The molecule has 0 aliphatic rings. The second kappa shape index (κ2) is 5.78. The summed E-state index contributed by atoms with van der Waals surface area (Å²) in [6.45, 7) is 1.35. The summed E-state index contributed by atoms with van der Waals surface area (Å²) in [5, 5.41) is 1.80. The molecule has 0 radical (unpaired) electrons. The third-order valence-corrected chi connectivity index (χ3v) is 8.27. The summed E-state index contributed by atoms with van der Waals surface area (Å²) >= 11 is 1.07. The van der Waals surface area contributed by atoms with Crippen LogP contribution in [0.4, 0.5) is 0 Å². The van der Waals surface area contributed by atoms with Crippen molar-refractivity contribution in [3.63, 3.8) is 0 Å². The maximum Gasteiger partial charge on any atom is 0.343 e. The van der Waals surface area contributed by atoms with Crippen molar-refractivity contribution < 1.29 is 26.4 Å². The molecule has 0 fully saturated rings. The molecule has 1 rings (SSSR count). The van der Waals surface area contributed by atoms with E-state index in [-0.39, 0.29) is 11.6 Å². The summed E-state index contributed by atoms with van der Waals surface area (Å²) in [5.74, 6) is -1.29. The fourth-order valence-electron chi connectivity index (χ4n) is 1.69. The minimum absolute atomic E-state index is 0.122. The van der Waals surface area contributed by atoms with Gasteiger partial charge in [-0.05, 0) is 6.92 Å². The fraction of sp³-hybridized carbons (Fsp3) is 0.600. The molecular formula is C10H15NO6S3. The molecule has 0 saturated carbocycles. The van der Waals surface area contributed by atoms with E-state index >= 15 is 0 Å². The molecule has 1 heterocycles. The summed E-state index contributed by atoms with van der Waals surface area (Å²) in [6.07, 6.45) is 2.26. The van der Waals surface area contributed by atoms with Crippen LogP contribution in [0.2, 0.25) is 0 Å². The molecule has 0 bridgehead atoms. The Hall–Kier alpha value is -1.00. The topological polar surface area (TPSA) is 107 Å². The van der Waals surface area contributed by atoms with Gasteiger partial charge in [0.15, 0.2) is 19.7 Å². The van der Waals surface area contributed by atoms with E-state index in [4.69, 9.17) is 0 Å². The first kappa shape index (κ1) is 17.1. The lowest BCUT2D eigenvalue weighted by Gasteiger charge is -2.26. The number of esters is 1. The molecule has 1 aromatic heterocycles. The Balaban J connectivity index is 3.55. The number of hydrogen-bond acceptors (Lipinski definition) is 8. The van der Waals surface area contributed by atoms with Gasteiger partial charge in [0, 0.05) is 30.5 Å². The first-order valence-corrected chi connectivity index (χ1v) is 10.2. The molecule has 1 aromatic rings. The molecule has 0 amide bonds. The standard InChI is InChI=1S/C10H15NO6S3/c1-4-17-9(12)10(19(2,13)14,20(3,15)16)7-8-11-5-6-18-8/h5-6H,4,7H2,1-3H3. The van der Waals surface area contributed by atoms with Gasteiger partial charge in [-0.3, -0.25) is 0 Å². The number of thiazole rings is 1. The van der Waals surface area contributed by atoms with E-state index in [1.807, 2.05) is 0 Å². The number of carbonyl (C=O) groups is 1. The van der Waals surface area contributed by atoms with Crippen molar-refractivity contribution in [1.82, 2.24) is 4.98 Å². The molecule has 0 spiro atoms. The van der Waals surface area contributed by atoms with Gasteiger partial charge in [0.1, 0.15) is 0 Å². The second-order valence-electron chi connectivity index (χ2n) is 4.12. The van der Waals surface area contributed by atoms with E-state index in [1.165, 1.54) is 13.1 Å². The first-order valence-electron chi connectivity index (χ1n) is 5.51. The Morgan fingerprint density at radius 2 is 1.85 bits per heavy atom. The maximum atomic E-state index is 12.1. The van der Waals surface area contributed by atoms with Crippen LogP contribution in [0.3, 0.4) is 0 Å². The van der Waals surface area contributed by atoms with Crippen LogP contribution in [0.25, 0.3) is 0 Å². The fourth-order valence-corrected chi connectivity index (χ4v) is 6.30. The smallest absolute Gasteiger partial charge is 0.343 e. The predicted octanol–water partition coefficient (Wildman–Crippen LogP) is 0.0342. The summed E-state index contributed by atoms with van der Waals surface area (Å²) in [7, 11) is -8.56. The zero-order chi connectivity index (χ0) is 15.6. The number of aromatic nitrogens is 1. The van der Waals surface area contributed by atoms with Crippen molar-refractivity contribution >= 4 is 37.0 Å². The summed E-state index contributed by atoms with van der Waals surface area (Å²) in [5.41, 5.74) is 0. The molecule has 0 unspecified atom stereocenters.